The molecule has 1 aromatic rings. The number of amides is 1. The minimum Gasteiger partial charge on any atom is -0.388 e. The van der Waals surface area contributed by atoms with Gasteiger partial charge >= 0.3 is 0 Å². The summed E-state index contributed by atoms with van der Waals surface area (Å²) in [5.74, 6) is -0.0909. The highest BCUT2D eigenvalue weighted by molar-refractivity contribution is 5.77. The molecule has 2 N–H and O–H groups in total. The Hall–Kier alpha value is -1.39. The number of aliphatic hydroxyl groups excluding tert-OH is 1. The van der Waals surface area contributed by atoms with Crippen LogP contribution in [0, 0.1) is 0 Å². The van der Waals surface area contributed by atoms with Crippen molar-refractivity contribution >= 4 is 5.91 Å². The molecule has 110 valence electrons. The van der Waals surface area contributed by atoms with Gasteiger partial charge in [0.25, 0.3) is 0 Å². The number of ether oxygens (including phenoxy) is 1. The zero-order valence-corrected chi connectivity index (χ0v) is 12.2. The van der Waals surface area contributed by atoms with Crippen LogP contribution in [-0.2, 0) is 16.0 Å². The number of hydrogen-bond donors (Lipinski definition) is 2. The fourth-order valence-corrected chi connectivity index (χ4v) is 2.78. The molecule has 4 heteroatoms. The van der Waals surface area contributed by atoms with Crippen molar-refractivity contribution in [2.75, 3.05) is 13.7 Å². The number of hydrogen-bond acceptors (Lipinski definition) is 3. The molecule has 0 radical (unpaired) electrons. The summed E-state index contributed by atoms with van der Waals surface area (Å²) in [6, 6.07) is 6.15. The molecule has 2 unspecified atom stereocenters. The first-order chi connectivity index (χ1) is 9.65. The Balaban J connectivity index is 2.21. The summed E-state index contributed by atoms with van der Waals surface area (Å²) in [5, 5.41) is 13.0. The van der Waals surface area contributed by atoms with E-state index in [9.17, 15) is 9.90 Å². The summed E-state index contributed by atoms with van der Waals surface area (Å²) in [6.45, 7) is 2.05. The second kappa shape index (κ2) is 6.86. The largest absolute Gasteiger partial charge is 0.388 e. The van der Waals surface area contributed by atoms with Gasteiger partial charge in [0.2, 0.25) is 5.91 Å². The highest BCUT2D eigenvalue weighted by Gasteiger charge is 2.22. The van der Waals surface area contributed by atoms with Crippen molar-refractivity contribution in [3.63, 3.8) is 0 Å². The van der Waals surface area contributed by atoms with Gasteiger partial charge in [-0.25, -0.2) is 0 Å². The Morgan fingerprint density at radius 3 is 3.05 bits per heavy atom. The molecule has 0 heterocycles. The average Bonchev–Trinajstić information content (AvgIpc) is 2.46. The van der Waals surface area contributed by atoms with E-state index in [0.29, 0.717) is 6.42 Å². The Labute approximate surface area is 120 Å². The highest BCUT2D eigenvalue weighted by atomic mass is 16.5. The van der Waals surface area contributed by atoms with Crippen LogP contribution in [0.1, 0.15) is 55.0 Å². The van der Waals surface area contributed by atoms with E-state index in [1.54, 1.807) is 0 Å². The van der Waals surface area contributed by atoms with Crippen LogP contribution >= 0.6 is 0 Å². The van der Waals surface area contributed by atoms with Gasteiger partial charge in [0.15, 0.2) is 0 Å². The summed E-state index contributed by atoms with van der Waals surface area (Å²) in [4.78, 5) is 11.7. The molecule has 1 aliphatic rings. The standard InChI is InChI=1S/C16H23NO3/c1-3-15(18)12-8-7-11-5-4-6-14(13(11)9-12)17-16(19)10-20-2/h7-9,14-15,18H,3-6,10H2,1-2H3,(H,17,19). The summed E-state index contributed by atoms with van der Waals surface area (Å²) in [6.07, 6.45) is 3.31. The van der Waals surface area contributed by atoms with E-state index < -0.39 is 6.10 Å². The molecular formula is C16H23NO3. The molecule has 1 aliphatic carbocycles. The minimum atomic E-state index is -0.433. The number of methoxy groups -OCH3 is 1. The van der Waals surface area contributed by atoms with E-state index >= 15 is 0 Å². The molecular weight excluding hydrogens is 254 g/mol. The van der Waals surface area contributed by atoms with E-state index in [1.807, 2.05) is 19.1 Å². The molecule has 0 bridgehead atoms. The van der Waals surface area contributed by atoms with Crippen LogP contribution in [0.3, 0.4) is 0 Å². The molecule has 0 aromatic heterocycles. The van der Waals surface area contributed by atoms with Crippen LogP contribution in [0.2, 0.25) is 0 Å². The zero-order chi connectivity index (χ0) is 14.5. The molecule has 0 saturated heterocycles. The number of benzene rings is 1. The summed E-state index contributed by atoms with van der Waals surface area (Å²) in [7, 11) is 1.52. The van der Waals surface area contributed by atoms with Crippen LogP contribution in [0.4, 0.5) is 0 Å². The monoisotopic (exact) mass is 277 g/mol. The third-order valence-electron chi connectivity index (χ3n) is 3.87. The fraction of sp³-hybridized carbons (Fsp3) is 0.562. The van der Waals surface area contributed by atoms with Gasteiger partial charge in [0.05, 0.1) is 12.1 Å². The average molecular weight is 277 g/mol. The maximum absolute atomic E-state index is 11.7. The van der Waals surface area contributed by atoms with Crippen molar-refractivity contribution in [1.29, 1.82) is 0 Å². The quantitative estimate of drug-likeness (QED) is 0.868. The molecule has 0 saturated carbocycles. The van der Waals surface area contributed by atoms with Gasteiger partial charge in [-0.1, -0.05) is 25.1 Å². The number of rotatable bonds is 5. The van der Waals surface area contributed by atoms with Crippen LogP contribution in [0.15, 0.2) is 18.2 Å². The van der Waals surface area contributed by atoms with Crippen molar-refractivity contribution in [2.45, 2.75) is 44.8 Å². The zero-order valence-electron chi connectivity index (χ0n) is 12.2. The SMILES string of the molecule is CCC(O)c1ccc2c(c1)C(NC(=O)COC)CCC2. The van der Waals surface area contributed by atoms with Gasteiger partial charge in [-0.05, 0) is 42.4 Å². The lowest BCUT2D eigenvalue weighted by Crippen LogP contribution is -2.33. The van der Waals surface area contributed by atoms with E-state index in [4.69, 9.17) is 4.74 Å². The van der Waals surface area contributed by atoms with Crippen molar-refractivity contribution in [3.05, 3.63) is 34.9 Å². The first-order valence-corrected chi connectivity index (χ1v) is 7.24. The van der Waals surface area contributed by atoms with E-state index in [2.05, 4.69) is 11.4 Å². The second-order valence-corrected chi connectivity index (χ2v) is 5.33. The van der Waals surface area contributed by atoms with Crippen LogP contribution in [-0.4, -0.2) is 24.7 Å². The Morgan fingerprint density at radius 2 is 2.35 bits per heavy atom. The number of aliphatic hydroxyl groups is 1. The van der Waals surface area contributed by atoms with Crippen LogP contribution in [0.5, 0.6) is 0 Å². The van der Waals surface area contributed by atoms with Gasteiger partial charge in [-0.2, -0.15) is 0 Å². The molecule has 4 nitrogen and oxygen atoms in total. The van der Waals surface area contributed by atoms with Crippen molar-refractivity contribution in [2.24, 2.45) is 0 Å². The lowest BCUT2D eigenvalue weighted by molar-refractivity contribution is -0.125. The third kappa shape index (κ3) is 3.38. The van der Waals surface area contributed by atoms with Crippen molar-refractivity contribution in [3.8, 4) is 0 Å². The number of carbonyl (C=O) groups excluding carboxylic acids is 1. The van der Waals surface area contributed by atoms with Crippen LogP contribution < -0.4 is 5.32 Å². The summed E-state index contributed by atoms with van der Waals surface area (Å²) < 4.78 is 4.86. The minimum absolute atomic E-state index is 0.0328. The van der Waals surface area contributed by atoms with Gasteiger partial charge in [0, 0.05) is 7.11 Å². The van der Waals surface area contributed by atoms with E-state index in [1.165, 1.54) is 12.7 Å². The Bertz CT molecular complexity index is 473. The van der Waals surface area contributed by atoms with Crippen LogP contribution in [0.25, 0.3) is 0 Å². The van der Waals surface area contributed by atoms with Gasteiger partial charge < -0.3 is 15.2 Å². The lowest BCUT2D eigenvalue weighted by Gasteiger charge is -2.27. The number of carbonyl (C=O) groups is 1. The first-order valence-electron chi connectivity index (χ1n) is 7.24. The van der Waals surface area contributed by atoms with Gasteiger partial charge in [0.1, 0.15) is 6.61 Å². The predicted molar refractivity (Wildman–Crippen MR) is 77.4 cm³/mol. The van der Waals surface area contributed by atoms with Crippen molar-refractivity contribution in [1.82, 2.24) is 5.32 Å². The third-order valence-corrected chi connectivity index (χ3v) is 3.87. The maximum atomic E-state index is 11.7. The maximum Gasteiger partial charge on any atom is 0.246 e. The van der Waals surface area contributed by atoms with E-state index in [0.717, 1.165) is 30.4 Å². The molecule has 0 aliphatic heterocycles. The number of fused-ring (bicyclic) bond motifs is 1. The van der Waals surface area contributed by atoms with E-state index in [-0.39, 0.29) is 18.6 Å². The molecule has 2 rings (SSSR count). The first kappa shape index (κ1) is 15.0. The number of aryl methyl sites for hydroxylation is 1. The topological polar surface area (TPSA) is 58.6 Å². The Morgan fingerprint density at radius 1 is 1.55 bits per heavy atom. The molecule has 20 heavy (non-hydrogen) atoms. The smallest absolute Gasteiger partial charge is 0.246 e. The highest BCUT2D eigenvalue weighted by Crippen LogP contribution is 2.32. The normalized spacial score (nSPS) is 19.2. The lowest BCUT2D eigenvalue weighted by atomic mass is 9.85. The molecule has 1 aromatic carbocycles. The molecule has 2 atom stereocenters. The predicted octanol–water partition coefficient (Wildman–Crippen LogP) is 2.27. The molecule has 0 fully saturated rings. The van der Waals surface area contributed by atoms with Crippen molar-refractivity contribution < 1.29 is 14.6 Å². The summed E-state index contributed by atoms with van der Waals surface area (Å²) in [5.41, 5.74) is 3.34. The van der Waals surface area contributed by atoms with Gasteiger partial charge in [-0.15, -0.1) is 0 Å². The Kier molecular flexibility index (Phi) is 5.15. The molecule has 1 amide bonds. The second-order valence-electron chi connectivity index (χ2n) is 5.33. The fourth-order valence-electron chi connectivity index (χ4n) is 2.78. The summed E-state index contributed by atoms with van der Waals surface area (Å²) >= 11 is 0. The molecule has 0 spiro atoms. The van der Waals surface area contributed by atoms with Gasteiger partial charge in [-0.3, -0.25) is 4.79 Å². The number of nitrogens with one attached hydrogen (secondary N) is 1.